The Balaban J connectivity index is 0.00000162. The second-order valence-corrected chi connectivity index (χ2v) is 4.66. The second kappa shape index (κ2) is 7.39. The van der Waals surface area contributed by atoms with E-state index in [0.29, 0.717) is 12.5 Å². The Labute approximate surface area is 115 Å². The number of carbonyl (C=O) groups is 1. The zero-order valence-electron chi connectivity index (χ0n) is 10.5. The molecule has 1 amide bonds. The summed E-state index contributed by atoms with van der Waals surface area (Å²) < 4.78 is 0. The molecule has 0 saturated heterocycles. The zero-order valence-corrected chi connectivity index (χ0v) is 11.4. The maximum Gasteiger partial charge on any atom is 0.225 e. The zero-order chi connectivity index (χ0) is 12.1. The van der Waals surface area contributed by atoms with E-state index in [1.165, 1.54) is 5.56 Å². The summed E-state index contributed by atoms with van der Waals surface area (Å²) in [5.41, 5.74) is 6.72. The highest BCUT2D eigenvalue weighted by Gasteiger charge is 2.33. The normalized spacial score (nSPS) is 13.8. The van der Waals surface area contributed by atoms with Crippen molar-refractivity contribution < 1.29 is 4.79 Å². The van der Waals surface area contributed by atoms with Crippen molar-refractivity contribution in [3.05, 3.63) is 35.9 Å². The van der Waals surface area contributed by atoms with E-state index in [-0.39, 0.29) is 18.3 Å². The maximum atomic E-state index is 12.1. The van der Waals surface area contributed by atoms with Gasteiger partial charge in [0.1, 0.15) is 0 Å². The van der Waals surface area contributed by atoms with Crippen LogP contribution in [0, 0.1) is 5.92 Å². The highest BCUT2D eigenvalue weighted by Crippen LogP contribution is 2.31. The summed E-state index contributed by atoms with van der Waals surface area (Å²) in [5, 5.41) is 0. The van der Waals surface area contributed by atoms with Gasteiger partial charge in [0, 0.05) is 19.0 Å². The lowest BCUT2D eigenvalue weighted by molar-refractivity contribution is -0.133. The average Bonchev–Trinajstić information content (AvgIpc) is 3.19. The van der Waals surface area contributed by atoms with Gasteiger partial charge in [-0.2, -0.15) is 0 Å². The first-order chi connectivity index (χ1) is 8.31. The van der Waals surface area contributed by atoms with Gasteiger partial charge < -0.3 is 10.6 Å². The van der Waals surface area contributed by atoms with Gasteiger partial charge in [-0.1, -0.05) is 30.3 Å². The first kappa shape index (κ1) is 15.0. The van der Waals surface area contributed by atoms with E-state index >= 15 is 0 Å². The minimum absolute atomic E-state index is 0. The van der Waals surface area contributed by atoms with E-state index in [9.17, 15) is 4.79 Å². The van der Waals surface area contributed by atoms with Crippen LogP contribution in [0.3, 0.4) is 0 Å². The van der Waals surface area contributed by atoms with Crippen LogP contribution in [0.5, 0.6) is 0 Å². The van der Waals surface area contributed by atoms with Gasteiger partial charge in [0.25, 0.3) is 0 Å². The molecule has 0 radical (unpaired) electrons. The maximum absolute atomic E-state index is 12.1. The molecule has 1 fully saturated rings. The molecule has 2 N–H and O–H groups in total. The number of carbonyl (C=O) groups excluding carboxylic acids is 1. The summed E-state index contributed by atoms with van der Waals surface area (Å²) >= 11 is 0. The monoisotopic (exact) mass is 268 g/mol. The molecule has 0 unspecified atom stereocenters. The molecule has 1 aromatic carbocycles. The number of hydrogen-bond acceptors (Lipinski definition) is 2. The van der Waals surface area contributed by atoms with Crippen LogP contribution in [0.15, 0.2) is 30.3 Å². The van der Waals surface area contributed by atoms with E-state index in [2.05, 4.69) is 12.1 Å². The standard InChI is InChI=1S/C14H20N2O.ClH/c15-9-4-10-16(14(17)13-7-8-13)11-12-5-2-1-3-6-12;/h1-3,5-6,13H,4,7-11,15H2;1H. The number of halogens is 1. The second-order valence-electron chi connectivity index (χ2n) is 4.66. The SMILES string of the molecule is Cl.NCCCN(Cc1ccccc1)C(=O)C1CC1. The molecule has 18 heavy (non-hydrogen) atoms. The number of benzene rings is 1. The van der Waals surface area contributed by atoms with Crippen LogP contribution in [0.4, 0.5) is 0 Å². The Kier molecular flexibility index (Phi) is 6.16. The molecule has 1 aliphatic carbocycles. The fourth-order valence-electron chi connectivity index (χ4n) is 1.94. The van der Waals surface area contributed by atoms with E-state index < -0.39 is 0 Å². The van der Waals surface area contributed by atoms with Gasteiger partial charge in [-0.25, -0.2) is 0 Å². The Hall–Kier alpha value is -1.06. The van der Waals surface area contributed by atoms with Crippen molar-refractivity contribution in [2.45, 2.75) is 25.8 Å². The van der Waals surface area contributed by atoms with Crippen LogP contribution in [0.25, 0.3) is 0 Å². The van der Waals surface area contributed by atoms with Gasteiger partial charge in [0.05, 0.1) is 0 Å². The summed E-state index contributed by atoms with van der Waals surface area (Å²) in [7, 11) is 0. The van der Waals surface area contributed by atoms with Gasteiger partial charge in [0.2, 0.25) is 5.91 Å². The van der Waals surface area contributed by atoms with Crippen LogP contribution in [-0.4, -0.2) is 23.9 Å². The summed E-state index contributed by atoms with van der Waals surface area (Å²) in [6.45, 7) is 2.14. The Bertz CT molecular complexity index is 365. The number of hydrogen-bond donors (Lipinski definition) is 1. The third-order valence-corrected chi connectivity index (χ3v) is 3.09. The number of amides is 1. The molecule has 0 aromatic heterocycles. The average molecular weight is 269 g/mol. The molecule has 0 bridgehead atoms. The minimum atomic E-state index is 0. The summed E-state index contributed by atoms with van der Waals surface area (Å²) in [6.07, 6.45) is 3.00. The first-order valence-electron chi connectivity index (χ1n) is 6.34. The molecular weight excluding hydrogens is 248 g/mol. The molecule has 100 valence electrons. The van der Waals surface area contributed by atoms with E-state index in [1.807, 2.05) is 23.1 Å². The lowest BCUT2D eigenvalue weighted by Gasteiger charge is -2.22. The highest BCUT2D eigenvalue weighted by atomic mass is 35.5. The van der Waals surface area contributed by atoms with Crippen LogP contribution < -0.4 is 5.73 Å². The van der Waals surface area contributed by atoms with E-state index in [1.54, 1.807) is 0 Å². The molecule has 3 nitrogen and oxygen atoms in total. The summed E-state index contributed by atoms with van der Waals surface area (Å²) in [4.78, 5) is 14.1. The van der Waals surface area contributed by atoms with Gasteiger partial charge >= 0.3 is 0 Å². The van der Waals surface area contributed by atoms with Crippen molar-refractivity contribution in [1.29, 1.82) is 0 Å². The molecule has 0 heterocycles. The van der Waals surface area contributed by atoms with Crippen molar-refractivity contribution in [3.8, 4) is 0 Å². The summed E-state index contributed by atoms with van der Waals surface area (Å²) in [6, 6.07) is 10.2. The number of nitrogens with zero attached hydrogens (tertiary/aromatic N) is 1. The minimum Gasteiger partial charge on any atom is -0.338 e. The van der Waals surface area contributed by atoms with Crippen molar-refractivity contribution in [1.82, 2.24) is 4.90 Å². The molecule has 0 spiro atoms. The van der Waals surface area contributed by atoms with Crippen LogP contribution >= 0.6 is 12.4 Å². The lowest BCUT2D eigenvalue weighted by Crippen LogP contribution is -2.33. The van der Waals surface area contributed by atoms with Gasteiger partial charge in [0.15, 0.2) is 0 Å². The Morgan fingerprint density at radius 1 is 1.28 bits per heavy atom. The van der Waals surface area contributed by atoms with Crippen LogP contribution in [0.2, 0.25) is 0 Å². The Morgan fingerprint density at radius 2 is 1.94 bits per heavy atom. The first-order valence-corrected chi connectivity index (χ1v) is 6.34. The van der Waals surface area contributed by atoms with Crippen molar-refractivity contribution in [3.63, 3.8) is 0 Å². The molecule has 0 atom stereocenters. The highest BCUT2D eigenvalue weighted by molar-refractivity contribution is 5.85. The fraction of sp³-hybridized carbons (Fsp3) is 0.500. The van der Waals surface area contributed by atoms with Crippen molar-refractivity contribution >= 4 is 18.3 Å². The molecule has 2 rings (SSSR count). The topological polar surface area (TPSA) is 46.3 Å². The van der Waals surface area contributed by atoms with Gasteiger partial charge in [-0.3, -0.25) is 4.79 Å². The predicted molar refractivity (Wildman–Crippen MR) is 75.5 cm³/mol. The molecule has 1 saturated carbocycles. The third kappa shape index (κ3) is 4.31. The fourth-order valence-corrected chi connectivity index (χ4v) is 1.94. The van der Waals surface area contributed by atoms with Crippen molar-refractivity contribution in [2.24, 2.45) is 11.7 Å². The number of nitrogens with two attached hydrogens (primary N) is 1. The van der Waals surface area contributed by atoms with Crippen molar-refractivity contribution in [2.75, 3.05) is 13.1 Å². The molecule has 0 aliphatic heterocycles. The van der Waals surface area contributed by atoms with E-state index in [0.717, 1.165) is 32.4 Å². The quantitative estimate of drug-likeness (QED) is 0.860. The summed E-state index contributed by atoms with van der Waals surface area (Å²) in [5.74, 6) is 0.596. The molecular formula is C14H21ClN2O. The van der Waals surface area contributed by atoms with Crippen LogP contribution in [0.1, 0.15) is 24.8 Å². The predicted octanol–water partition coefficient (Wildman–Crippen LogP) is 2.20. The molecule has 4 heteroatoms. The third-order valence-electron chi connectivity index (χ3n) is 3.09. The lowest BCUT2D eigenvalue weighted by atomic mass is 10.2. The largest absolute Gasteiger partial charge is 0.338 e. The molecule has 1 aromatic rings. The van der Waals surface area contributed by atoms with Gasteiger partial charge in [-0.15, -0.1) is 12.4 Å². The molecule has 1 aliphatic rings. The van der Waals surface area contributed by atoms with Crippen LogP contribution in [-0.2, 0) is 11.3 Å². The smallest absolute Gasteiger partial charge is 0.225 e. The Morgan fingerprint density at radius 3 is 2.50 bits per heavy atom. The van der Waals surface area contributed by atoms with E-state index in [4.69, 9.17) is 5.73 Å². The van der Waals surface area contributed by atoms with Gasteiger partial charge in [-0.05, 0) is 31.4 Å². The number of rotatable bonds is 6.